The number of ketones is 1. The molecule has 1 saturated heterocycles. The van der Waals surface area contributed by atoms with Gasteiger partial charge in [-0.25, -0.2) is 0 Å². The van der Waals surface area contributed by atoms with Gasteiger partial charge in [-0.05, 0) is 18.1 Å². The van der Waals surface area contributed by atoms with E-state index >= 15 is 0 Å². The molecule has 8 heteroatoms. The smallest absolute Gasteiger partial charge is 0.152 e. The van der Waals surface area contributed by atoms with Crippen LogP contribution in [-0.4, -0.2) is 74.3 Å². The average molecular weight is 435 g/mol. The predicted octanol–water partition coefficient (Wildman–Crippen LogP) is 0.817. The molecule has 6 N–H and O–H groups in total. The van der Waals surface area contributed by atoms with Crippen molar-refractivity contribution in [3.63, 3.8) is 0 Å². The molecule has 8 nitrogen and oxygen atoms in total. The van der Waals surface area contributed by atoms with Gasteiger partial charge in [0, 0.05) is 22.9 Å². The Kier molecular flexibility index (Phi) is 7.51. The first-order valence-electron chi connectivity index (χ1n) is 10.8. The minimum atomic E-state index is -1.47. The van der Waals surface area contributed by atoms with Crippen molar-refractivity contribution < 1.29 is 30.0 Å². The van der Waals surface area contributed by atoms with Crippen LogP contribution in [0, 0.1) is 5.92 Å². The molecule has 1 aliphatic rings. The fraction of sp³-hybridized carbons (Fsp3) is 0.609. The number of aliphatic hydroxyl groups is 4. The molecule has 0 aliphatic carbocycles. The monoisotopic (exact) mass is 434 g/mol. The molecule has 6 unspecified atom stereocenters. The van der Waals surface area contributed by atoms with Crippen LogP contribution in [0.3, 0.4) is 0 Å². The Bertz CT molecular complexity index is 893. The van der Waals surface area contributed by atoms with Crippen molar-refractivity contribution >= 4 is 16.7 Å². The molecule has 31 heavy (non-hydrogen) atoms. The number of fused-ring (bicyclic) bond motifs is 1. The van der Waals surface area contributed by atoms with Gasteiger partial charge >= 0.3 is 0 Å². The van der Waals surface area contributed by atoms with E-state index in [9.17, 15) is 25.2 Å². The van der Waals surface area contributed by atoms with Crippen molar-refractivity contribution in [2.24, 2.45) is 5.92 Å². The number of hydrogen-bond donors (Lipinski definition) is 6. The third-order valence-corrected chi connectivity index (χ3v) is 5.88. The van der Waals surface area contributed by atoms with Gasteiger partial charge in [0.15, 0.2) is 5.78 Å². The van der Waals surface area contributed by atoms with Gasteiger partial charge in [0.25, 0.3) is 0 Å². The van der Waals surface area contributed by atoms with Gasteiger partial charge in [0.1, 0.15) is 30.5 Å². The van der Waals surface area contributed by atoms with Gasteiger partial charge in [0.05, 0.1) is 18.3 Å². The lowest BCUT2D eigenvalue weighted by Crippen LogP contribution is -2.55. The number of ether oxygens (including phenoxy) is 1. The lowest BCUT2D eigenvalue weighted by atomic mass is 9.89. The maximum absolute atomic E-state index is 12.9. The summed E-state index contributed by atoms with van der Waals surface area (Å²) in [5.41, 5.74) is 2.14. The van der Waals surface area contributed by atoms with Crippen molar-refractivity contribution in [3.05, 3.63) is 35.5 Å². The van der Waals surface area contributed by atoms with E-state index in [2.05, 4.69) is 10.3 Å². The Morgan fingerprint density at radius 3 is 2.39 bits per heavy atom. The summed E-state index contributed by atoms with van der Waals surface area (Å²) in [5.74, 6) is -0.0732. The second-order valence-electron chi connectivity index (χ2n) is 8.95. The minimum Gasteiger partial charge on any atom is -0.394 e. The summed E-state index contributed by atoms with van der Waals surface area (Å²) < 4.78 is 5.81. The number of hydrogen-bond acceptors (Lipinski definition) is 7. The highest BCUT2D eigenvalue weighted by Crippen LogP contribution is 2.37. The van der Waals surface area contributed by atoms with E-state index < -0.39 is 43.2 Å². The predicted molar refractivity (Wildman–Crippen MR) is 117 cm³/mol. The van der Waals surface area contributed by atoms with Crippen molar-refractivity contribution in [3.8, 4) is 0 Å². The van der Waals surface area contributed by atoms with E-state index in [4.69, 9.17) is 4.74 Å². The Balaban J connectivity index is 2.07. The standard InChI is InChI=1S/C23H34N2O6/c1-11(2)19(27)16(24-12(3)4)9-14-13-7-5-6-8-15(13)25-18(14)23-22(30)21(29)20(28)17(10-26)31-23/h5-8,11-12,16-17,20-26,28-30H,9-10H2,1-4H3. The first-order chi connectivity index (χ1) is 14.6. The third-order valence-electron chi connectivity index (χ3n) is 5.88. The van der Waals surface area contributed by atoms with E-state index in [1.54, 1.807) is 0 Å². The molecular weight excluding hydrogens is 400 g/mol. The van der Waals surface area contributed by atoms with Gasteiger partial charge in [-0.1, -0.05) is 45.9 Å². The van der Waals surface area contributed by atoms with Crippen LogP contribution in [0.25, 0.3) is 10.9 Å². The van der Waals surface area contributed by atoms with E-state index in [-0.39, 0.29) is 17.7 Å². The van der Waals surface area contributed by atoms with E-state index in [0.29, 0.717) is 12.1 Å². The minimum absolute atomic E-state index is 0.0822. The second-order valence-corrected chi connectivity index (χ2v) is 8.95. The zero-order valence-electron chi connectivity index (χ0n) is 18.4. The topological polar surface area (TPSA) is 135 Å². The second kappa shape index (κ2) is 9.77. The van der Waals surface area contributed by atoms with Crippen LogP contribution in [0.1, 0.15) is 45.1 Å². The number of aliphatic hydroxyl groups excluding tert-OH is 4. The average Bonchev–Trinajstić information content (AvgIpc) is 3.09. The zero-order chi connectivity index (χ0) is 22.9. The Morgan fingerprint density at radius 2 is 1.77 bits per heavy atom. The summed E-state index contributed by atoms with van der Waals surface area (Å²) in [6, 6.07) is 7.24. The summed E-state index contributed by atoms with van der Waals surface area (Å²) in [7, 11) is 0. The van der Waals surface area contributed by atoms with Crippen molar-refractivity contribution in [2.75, 3.05) is 6.61 Å². The van der Waals surface area contributed by atoms with E-state index in [0.717, 1.165) is 16.5 Å². The van der Waals surface area contributed by atoms with Crippen LogP contribution in [0.5, 0.6) is 0 Å². The van der Waals surface area contributed by atoms with Crippen LogP contribution in [0.4, 0.5) is 0 Å². The fourth-order valence-electron chi connectivity index (χ4n) is 4.27. The summed E-state index contributed by atoms with van der Waals surface area (Å²) in [5, 5.41) is 44.9. The number of aromatic amines is 1. The molecule has 6 atom stereocenters. The zero-order valence-corrected chi connectivity index (χ0v) is 18.4. The molecule has 172 valence electrons. The van der Waals surface area contributed by atoms with E-state index in [1.165, 1.54) is 0 Å². The van der Waals surface area contributed by atoms with Crippen LogP contribution < -0.4 is 5.32 Å². The molecule has 0 spiro atoms. The van der Waals surface area contributed by atoms with Gasteiger partial charge in [-0.3, -0.25) is 4.79 Å². The maximum atomic E-state index is 12.9. The largest absolute Gasteiger partial charge is 0.394 e. The lowest BCUT2D eigenvalue weighted by molar-refractivity contribution is -0.232. The summed E-state index contributed by atoms with van der Waals surface area (Å²) in [6.45, 7) is 7.19. The van der Waals surface area contributed by atoms with Crippen LogP contribution >= 0.6 is 0 Å². The fourth-order valence-corrected chi connectivity index (χ4v) is 4.27. The highest BCUT2D eigenvalue weighted by molar-refractivity contribution is 5.89. The lowest BCUT2D eigenvalue weighted by Gasteiger charge is -2.40. The molecule has 1 aromatic heterocycles. The molecule has 0 saturated carbocycles. The molecule has 2 aromatic rings. The maximum Gasteiger partial charge on any atom is 0.152 e. The summed E-state index contributed by atoms with van der Waals surface area (Å²) >= 11 is 0. The Labute approximate surface area is 182 Å². The quantitative estimate of drug-likeness (QED) is 0.362. The first-order valence-corrected chi connectivity index (χ1v) is 10.8. The number of Topliss-reactive ketones (excluding diaryl/α,β-unsaturated/α-hetero) is 1. The number of para-hydroxylation sites is 1. The number of aromatic nitrogens is 1. The highest BCUT2D eigenvalue weighted by atomic mass is 16.5. The van der Waals surface area contributed by atoms with Crippen LogP contribution in [0.2, 0.25) is 0 Å². The molecule has 0 bridgehead atoms. The van der Waals surface area contributed by atoms with Gasteiger partial charge < -0.3 is 35.5 Å². The van der Waals surface area contributed by atoms with Crippen molar-refractivity contribution in [2.45, 2.75) is 76.7 Å². The van der Waals surface area contributed by atoms with Crippen LogP contribution in [0.15, 0.2) is 24.3 Å². The molecule has 1 aromatic carbocycles. The van der Waals surface area contributed by atoms with Gasteiger partial charge in [0.2, 0.25) is 0 Å². The van der Waals surface area contributed by atoms with Gasteiger partial charge in [-0.15, -0.1) is 0 Å². The van der Waals surface area contributed by atoms with E-state index in [1.807, 2.05) is 52.0 Å². The molecule has 1 aliphatic heterocycles. The van der Waals surface area contributed by atoms with Crippen molar-refractivity contribution in [1.29, 1.82) is 0 Å². The number of carbonyl (C=O) groups excluding carboxylic acids is 1. The number of H-pyrrole nitrogens is 1. The molecular formula is C23H34N2O6. The normalized spacial score (nSPS) is 27.9. The molecule has 1 fully saturated rings. The highest BCUT2D eigenvalue weighted by Gasteiger charge is 2.45. The SMILES string of the molecule is CC(C)NC(Cc1c(C2OC(CO)C(O)C(O)C2O)[nH]c2ccccc12)C(=O)C(C)C. The van der Waals surface area contributed by atoms with Crippen LogP contribution in [-0.2, 0) is 16.0 Å². The summed E-state index contributed by atoms with van der Waals surface area (Å²) in [6.07, 6.45) is -5.94. The third kappa shape index (κ3) is 4.84. The number of nitrogens with one attached hydrogen (secondary N) is 2. The Morgan fingerprint density at radius 1 is 1.10 bits per heavy atom. The van der Waals surface area contributed by atoms with Gasteiger partial charge in [-0.2, -0.15) is 0 Å². The molecule has 0 radical (unpaired) electrons. The number of rotatable bonds is 8. The number of carbonyl (C=O) groups is 1. The Hall–Kier alpha value is -1.81. The van der Waals surface area contributed by atoms with Crippen molar-refractivity contribution in [1.82, 2.24) is 10.3 Å². The first kappa shape index (κ1) is 23.8. The number of benzene rings is 1. The molecule has 3 rings (SSSR count). The summed E-state index contributed by atoms with van der Waals surface area (Å²) in [4.78, 5) is 16.2. The molecule has 2 heterocycles. The molecule has 0 amide bonds.